The number of halogens is 2. The number of carbonyl (C=O) groups excluding carboxylic acids is 1. The summed E-state index contributed by atoms with van der Waals surface area (Å²) >= 11 is 11.8. The van der Waals surface area contributed by atoms with E-state index in [0.717, 1.165) is 0 Å². The normalized spacial score (nSPS) is 15.7. The minimum absolute atomic E-state index is 0.0835. The van der Waals surface area contributed by atoms with Crippen molar-refractivity contribution in [1.82, 2.24) is 4.90 Å². The van der Waals surface area contributed by atoms with E-state index in [0.29, 0.717) is 41.7 Å². The highest BCUT2D eigenvalue weighted by atomic mass is 35.5. The topological polar surface area (TPSA) is 93.4 Å². The van der Waals surface area contributed by atoms with E-state index in [1.54, 1.807) is 17.0 Å². The molecule has 2 N–H and O–H groups in total. The minimum Gasteiger partial charge on any atom is -0.481 e. The number of nitrogens with one attached hydrogen (secondary N) is 1. The van der Waals surface area contributed by atoms with E-state index in [2.05, 4.69) is 5.32 Å². The number of aliphatic carboxylic acids is 1. The maximum atomic E-state index is 12.2. The zero-order valence-corrected chi connectivity index (χ0v) is 14.1. The van der Waals surface area contributed by atoms with Gasteiger partial charge in [-0.25, -0.2) is 0 Å². The van der Waals surface area contributed by atoms with Gasteiger partial charge in [-0.2, -0.15) is 5.26 Å². The van der Waals surface area contributed by atoms with Crippen LogP contribution in [-0.2, 0) is 9.59 Å². The fourth-order valence-corrected chi connectivity index (χ4v) is 2.72. The summed E-state index contributed by atoms with van der Waals surface area (Å²) in [5.41, 5.74) is 0.236. The Bertz CT molecular complexity index is 720. The highest BCUT2D eigenvalue weighted by Crippen LogP contribution is 2.26. The predicted molar refractivity (Wildman–Crippen MR) is 90.7 cm³/mol. The molecule has 1 aromatic carbocycles. The number of piperidine rings is 1. The summed E-state index contributed by atoms with van der Waals surface area (Å²) in [5.74, 6) is -1.78. The molecule has 126 valence electrons. The first kappa shape index (κ1) is 18.1. The van der Waals surface area contributed by atoms with E-state index < -0.39 is 11.9 Å². The first-order valence-corrected chi connectivity index (χ1v) is 8.01. The quantitative estimate of drug-likeness (QED) is 0.629. The van der Waals surface area contributed by atoms with E-state index in [9.17, 15) is 14.9 Å². The summed E-state index contributed by atoms with van der Waals surface area (Å²) < 4.78 is 0. The first-order chi connectivity index (χ1) is 11.4. The number of carbonyl (C=O) groups is 2. The standard InChI is InChI=1S/C16H15Cl2N3O3/c17-12-1-2-13(18)14(7-12)20-15(22)11(8-19)9-21-5-3-10(4-6-21)16(23)24/h1-2,7,9-10H,3-6H2,(H,20,22)(H,23,24)/b11-9-. The molecule has 6 nitrogen and oxygen atoms in total. The Morgan fingerprint density at radius 2 is 2.00 bits per heavy atom. The van der Waals surface area contributed by atoms with Gasteiger partial charge in [-0.15, -0.1) is 0 Å². The Kier molecular flexibility index (Phi) is 6.07. The lowest BCUT2D eigenvalue weighted by atomic mass is 9.97. The molecule has 0 radical (unpaired) electrons. The number of nitriles is 1. The number of nitrogens with zero attached hydrogens (tertiary/aromatic N) is 2. The number of carboxylic acids is 1. The van der Waals surface area contributed by atoms with E-state index in [1.807, 2.05) is 6.07 Å². The number of amides is 1. The first-order valence-electron chi connectivity index (χ1n) is 7.26. The van der Waals surface area contributed by atoms with Crippen LogP contribution in [0.2, 0.25) is 10.0 Å². The molecule has 0 saturated carbocycles. The van der Waals surface area contributed by atoms with Crippen molar-refractivity contribution in [2.24, 2.45) is 5.92 Å². The average Bonchev–Trinajstić information content (AvgIpc) is 2.56. The van der Waals surface area contributed by atoms with Crippen LogP contribution < -0.4 is 5.32 Å². The van der Waals surface area contributed by atoms with Crippen LogP contribution >= 0.6 is 23.2 Å². The molecule has 1 fully saturated rings. The van der Waals surface area contributed by atoms with Crippen LogP contribution in [0.25, 0.3) is 0 Å². The van der Waals surface area contributed by atoms with E-state index in [1.165, 1.54) is 12.3 Å². The van der Waals surface area contributed by atoms with Gasteiger partial charge in [-0.05, 0) is 31.0 Å². The maximum Gasteiger partial charge on any atom is 0.306 e. The molecule has 0 spiro atoms. The molecule has 8 heteroatoms. The maximum absolute atomic E-state index is 12.2. The van der Waals surface area contributed by atoms with Crippen molar-refractivity contribution in [3.8, 4) is 6.07 Å². The van der Waals surface area contributed by atoms with Gasteiger partial charge in [0.05, 0.1) is 16.6 Å². The van der Waals surface area contributed by atoms with Gasteiger partial charge in [-0.3, -0.25) is 9.59 Å². The fraction of sp³-hybridized carbons (Fsp3) is 0.312. The summed E-state index contributed by atoms with van der Waals surface area (Å²) in [6, 6.07) is 6.49. The Morgan fingerprint density at radius 3 is 2.58 bits per heavy atom. The summed E-state index contributed by atoms with van der Waals surface area (Å²) in [4.78, 5) is 24.9. The van der Waals surface area contributed by atoms with Gasteiger partial charge in [0.1, 0.15) is 11.6 Å². The molecule has 1 aliphatic heterocycles. The van der Waals surface area contributed by atoms with Crippen molar-refractivity contribution in [3.05, 3.63) is 40.0 Å². The molecule has 1 heterocycles. The Morgan fingerprint density at radius 1 is 1.33 bits per heavy atom. The predicted octanol–water partition coefficient (Wildman–Crippen LogP) is 3.14. The van der Waals surface area contributed by atoms with Crippen molar-refractivity contribution in [1.29, 1.82) is 5.26 Å². The van der Waals surface area contributed by atoms with Gasteiger partial charge >= 0.3 is 5.97 Å². The fourth-order valence-electron chi connectivity index (χ4n) is 2.38. The van der Waals surface area contributed by atoms with Crippen LogP contribution in [0.15, 0.2) is 30.0 Å². The van der Waals surface area contributed by atoms with Crippen LogP contribution in [0.3, 0.4) is 0 Å². The van der Waals surface area contributed by atoms with Gasteiger partial charge < -0.3 is 15.3 Å². The second-order valence-electron chi connectivity index (χ2n) is 5.38. The third kappa shape index (κ3) is 4.63. The van der Waals surface area contributed by atoms with Crippen LogP contribution in [-0.4, -0.2) is 35.0 Å². The molecule has 1 saturated heterocycles. The molecule has 24 heavy (non-hydrogen) atoms. The summed E-state index contributed by atoms with van der Waals surface area (Å²) in [5, 5.41) is 21.5. The number of carboxylic acid groups (broad SMARTS) is 1. The molecule has 1 aromatic rings. The second-order valence-corrected chi connectivity index (χ2v) is 6.22. The van der Waals surface area contributed by atoms with Gasteiger partial charge in [0.2, 0.25) is 0 Å². The van der Waals surface area contributed by atoms with Crippen molar-refractivity contribution in [2.75, 3.05) is 18.4 Å². The Hall–Kier alpha value is -2.23. The third-order valence-electron chi connectivity index (χ3n) is 3.73. The molecule has 1 aliphatic rings. The molecule has 0 aliphatic carbocycles. The number of anilines is 1. The molecular formula is C16H15Cl2N3O3. The molecule has 2 rings (SSSR count). The second kappa shape index (κ2) is 8.04. The van der Waals surface area contributed by atoms with E-state index in [-0.39, 0.29) is 11.5 Å². The average molecular weight is 368 g/mol. The smallest absolute Gasteiger partial charge is 0.306 e. The lowest BCUT2D eigenvalue weighted by molar-refractivity contribution is -0.143. The highest BCUT2D eigenvalue weighted by molar-refractivity contribution is 6.35. The third-order valence-corrected chi connectivity index (χ3v) is 4.30. The number of rotatable bonds is 4. The van der Waals surface area contributed by atoms with Crippen LogP contribution in [0.1, 0.15) is 12.8 Å². The number of likely N-dealkylation sites (tertiary alicyclic amines) is 1. The van der Waals surface area contributed by atoms with Crippen LogP contribution in [0.4, 0.5) is 5.69 Å². The SMILES string of the molecule is N#C/C(=C/N1CCC(C(=O)O)CC1)C(=O)Nc1cc(Cl)ccc1Cl. The van der Waals surface area contributed by atoms with Crippen LogP contribution in [0, 0.1) is 17.2 Å². The molecule has 0 bridgehead atoms. The highest BCUT2D eigenvalue weighted by Gasteiger charge is 2.24. The zero-order chi connectivity index (χ0) is 17.7. The minimum atomic E-state index is -0.813. The monoisotopic (exact) mass is 367 g/mol. The molecule has 0 unspecified atom stereocenters. The van der Waals surface area contributed by atoms with Gasteiger partial charge in [-0.1, -0.05) is 23.2 Å². The van der Waals surface area contributed by atoms with Crippen molar-refractivity contribution in [3.63, 3.8) is 0 Å². The molecule has 1 amide bonds. The summed E-state index contributed by atoms with van der Waals surface area (Å²) in [6.07, 6.45) is 2.41. The zero-order valence-electron chi connectivity index (χ0n) is 12.6. The van der Waals surface area contributed by atoms with E-state index in [4.69, 9.17) is 28.3 Å². The van der Waals surface area contributed by atoms with Crippen LogP contribution in [0.5, 0.6) is 0 Å². The Labute approximate surface area is 149 Å². The van der Waals surface area contributed by atoms with Crippen molar-refractivity contribution in [2.45, 2.75) is 12.8 Å². The molecular weight excluding hydrogens is 353 g/mol. The van der Waals surface area contributed by atoms with Crippen molar-refractivity contribution >= 4 is 40.8 Å². The summed E-state index contributed by atoms with van der Waals surface area (Å²) in [7, 11) is 0. The molecule has 0 aromatic heterocycles. The Balaban J connectivity index is 2.05. The summed E-state index contributed by atoms with van der Waals surface area (Å²) in [6.45, 7) is 0.959. The van der Waals surface area contributed by atoms with Gasteiger partial charge in [0.25, 0.3) is 5.91 Å². The number of benzene rings is 1. The van der Waals surface area contributed by atoms with Crippen molar-refractivity contribution < 1.29 is 14.7 Å². The van der Waals surface area contributed by atoms with Gasteiger partial charge in [0.15, 0.2) is 0 Å². The lowest BCUT2D eigenvalue weighted by Gasteiger charge is -2.29. The van der Waals surface area contributed by atoms with E-state index >= 15 is 0 Å². The number of hydrogen-bond acceptors (Lipinski definition) is 4. The number of hydrogen-bond donors (Lipinski definition) is 2. The van der Waals surface area contributed by atoms with Gasteiger partial charge in [0, 0.05) is 24.3 Å². The lowest BCUT2D eigenvalue weighted by Crippen LogP contribution is -2.33. The molecule has 0 atom stereocenters. The largest absolute Gasteiger partial charge is 0.481 e.